The molecule has 1 aliphatic carbocycles. The summed E-state index contributed by atoms with van der Waals surface area (Å²) in [6.07, 6.45) is 3.78. The number of carbonyl (C=O) groups excluding carboxylic acids is 5. The van der Waals surface area contributed by atoms with E-state index in [0.717, 1.165) is 65.8 Å². The van der Waals surface area contributed by atoms with E-state index >= 15 is 0 Å². The van der Waals surface area contributed by atoms with E-state index in [4.69, 9.17) is 19.2 Å². The highest BCUT2D eigenvalue weighted by atomic mass is 16.5. The predicted molar refractivity (Wildman–Crippen MR) is 258 cm³/mol. The number of amides is 4. The van der Waals surface area contributed by atoms with Gasteiger partial charge in [-0.15, -0.1) is 0 Å². The molecule has 3 heterocycles. The first-order valence-corrected chi connectivity index (χ1v) is 23.8. The van der Waals surface area contributed by atoms with Gasteiger partial charge in [0.2, 0.25) is 11.8 Å². The Balaban J connectivity index is 1.18. The molecular weight excluding hydrogens is 851 g/mol. The van der Waals surface area contributed by atoms with Gasteiger partial charge >= 0.3 is 12.2 Å². The van der Waals surface area contributed by atoms with E-state index < -0.39 is 36.1 Å². The first-order chi connectivity index (χ1) is 31.9. The number of nitrogens with zero attached hydrogens (tertiary/aromatic N) is 3. The number of benzene rings is 3. The molecule has 0 radical (unpaired) electrons. The normalized spacial score (nSPS) is 21.6. The van der Waals surface area contributed by atoms with Crippen molar-refractivity contribution in [3.63, 3.8) is 0 Å². The van der Waals surface area contributed by atoms with E-state index in [-0.39, 0.29) is 53.0 Å². The topological polar surface area (TPSA) is 184 Å². The molecule has 4 amide bonds. The molecule has 1 saturated carbocycles. The summed E-state index contributed by atoms with van der Waals surface area (Å²) in [6, 6.07) is 19.3. The molecule has 4 aromatic rings. The number of ether oxygens (including phenoxy) is 3. The Bertz CT molecular complexity index is 2440. The maximum Gasteiger partial charge on any atom is 0.407 e. The van der Waals surface area contributed by atoms with Crippen LogP contribution in [-0.2, 0) is 29.3 Å². The number of alkyl carbamates (subject to hydrolysis) is 2. The number of carbonyl (C=O) groups is 5. The van der Waals surface area contributed by atoms with E-state index in [1.54, 1.807) is 7.11 Å². The Morgan fingerprint density at radius 1 is 0.716 bits per heavy atom. The number of fused-ring (bicyclic) bond motifs is 1. The Labute approximate surface area is 394 Å². The lowest BCUT2D eigenvalue weighted by Crippen LogP contribution is -2.51. The lowest BCUT2D eigenvalue weighted by atomic mass is 9.84. The zero-order valence-corrected chi connectivity index (χ0v) is 40.7. The monoisotopic (exact) mass is 920 g/mol. The maximum atomic E-state index is 14.2. The molecular formula is C52H69N7O8. The van der Waals surface area contributed by atoms with Crippen LogP contribution >= 0.6 is 0 Å². The van der Waals surface area contributed by atoms with Crippen LogP contribution in [0.3, 0.4) is 0 Å². The summed E-state index contributed by atoms with van der Waals surface area (Å²) in [5, 5.41) is 8.59. The van der Waals surface area contributed by atoms with Crippen molar-refractivity contribution in [3.05, 3.63) is 83.2 Å². The van der Waals surface area contributed by atoms with Crippen molar-refractivity contribution in [3.8, 4) is 5.75 Å². The lowest BCUT2D eigenvalue weighted by Gasteiger charge is -2.34. The Morgan fingerprint density at radius 3 is 1.94 bits per heavy atom. The fraction of sp³-hybridized carbons (Fsp3) is 0.538. The van der Waals surface area contributed by atoms with Crippen molar-refractivity contribution in [2.75, 3.05) is 38.1 Å². The van der Waals surface area contributed by atoms with Gasteiger partial charge in [-0.2, -0.15) is 0 Å². The molecule has 0 spiro atoms. The van der Waals surface area contributed by atoms with Gasteiger partial charge in [-0.05, 0) is 109 Å². The van der Waals surface area contributed by atoms with Gasteiger partial charge in [0.05, 0.1) is 62.2 Å². The summed E-state index contributed by atoms with van der Waals surface area (Å²) >= 11 is 0. The number of hydrogen-bond donors (Lipinski definition) is 4. The number of methoxy groups -OCH3 is 3. The number of aromatic nitrogens is 2. The molecule has 15 nitrogen and oxygen atoms in total. The second-order valence-electron chi connectivity index (χ2n) is 20.1. The van der Waals surface area contributed by atoms with E-state index in [2.05, 4.69) is 89.1 Å². The van der Waals surface area contributed by atoms with Gasteiger partial charge in [-0.3, -0.25) is 14.4 Å². The van der Waals surface area contributed by atoms with Gasteiger partial charge in [0, 0.05) is 24.1 Å². The average molecular weight is 920 g/mol. The second-order valence-corrected chi connectivity index (χ2v) is 20.1. The highest BCUT2D eigenvalue weighted by Crippen LogP contribution is 2.49. The quantitative estimate of drug-likeness (QED) is 0.0951. The van der Waals surface area contributed by atoms with E-state index in [1.807, 2.05) is 50.8 Å². The Kier molecular flexibility index (Phi) is 14.9. The van der Waals surface area contributed by atoms with E-state index in [0.29, 0.717) is 30.8 Å². The standard InChI is InChI=1S/C52H69N7O8/c1-29(2)44(56-50(63)66-9)46(60)35-13-11-14-36(35)48(61)55-39-28-32(17-25-43(39)65-8)41-24-23-40(59(41)34-20-18-33(19-21-34)52(5,6)7)31-16-22-37-38(27-31)54-47(53-37)42-15-12-26-58(42)49(62)45(30(3)4)57-51(64)67-10/h16-22,25,27-30,35-36,40-42,44-45H,11-15,23-24,26H2,1-10H3,(H,53,54)(H,55,61)(H,56,63)(H,57,64)/t35?,36-,40?,41?,42+,44+,45+/m1/s1. The highest BCUT2D eigenvalue weighted by molar-refractivity contribution is 5.99. The van der Waals surface area contributed by atoms with Gasteiger partial charge in [-0.1, -0.05) is 79.2 Å². The highest BCUT2D eigenvalue weighted by Gasteiger charge is 2.43. The van der Waals surface area contributed by atoms with Crippen molar-refractivity contribution in [2.24, 2.45) is 23.7 Å². The summed E-state index contributed by atoms with van der Waals surface area (Å²) in [6.45, 7) is 14.7. The van der Waals surface area contributed by atoms with Crippen LogP contribution in [0.4, 0.5) is 21.0 Å². The molecule has 3 unspecified atom stereocenters. The number of H-pyrrole nitrogens is 1. The number of aromatic amines is 1. The summed E-state index contributed by atoms with van der Waals surface area (Å²) in [5.74, 6) is -0.757. The molecule has 67 heavy (non-hydrogen) atoms. The van der Waals surface area contributed by atoms with Gasteiger partial charge in [0.25, 0.3) is 0 Å². The molecule has 7 atom stereocenters. The molecule has 7 rings (SSSR count). The first kappa shape index (κ1) is 48.8. The SMILES string of the molecule is COC(=O)N[C@H](C(=O)C1CCC[C@H]1C(=O)Nc1cc(C2CCC(c3ccc4nc([C@@H]5CCCN5C(=O)[C@@H](NC(=O)OC)C(C)C)[nH]c4c3)N2c2ccc(C(C)(C)C)cc2)ccc1OC)C(C)C. The van der Waals surface area contributed by atoms with Crippen LogP contribution in [0.2, 0.25) is 0 Å². The smallest absolute Gasteiger partial charge is 0.407 e. The number of ketones is 1. The molecule has 360 valence electrons. The zero-order chi connectivity index (χ0) is 48.3. The van der Waals surface area contributed by atoms with Crippen LogP contribution in [0, 0.1) is 23.7 Å². The number of nitrogens with one attached hydrogen (secondary N) is 4. The minimum atomic E-state index is -0.771. The van der Waals surface area contributed by atoms with Crippen LogP contribution in [-0.4, -0.2) is 84.6 Å². The van der Waals surface area contributed by atoms with Gasteiger partial charge in [0.15, 0.2) is 5.78 Å². The summed E-state index contributed by atoms with van der Waals surface area (Å²) in [4.78, 5) is 79.2. The van der Waals surface area contributed by atoms with Crippen LogP contribution in [0.5, 0.6) is 5.75 Å². The molecule has 3 aliphatic rings. The van der Waals surface area contributed by atoms with Crippen molar-refractivity contribution >= 4 is 52.2 Å². The number of imidazole rings is 1. The van der Waals surface area contributed by atoms with Crippen molar-refractivity contribution in [1.29, 1.82) is 0 Å². The summed E-state index contributed by atoms with van der Waals surface area (Å²) in [5.41, 5.74) is 6.62. The van der Waals surface area contributed by atoms with Gasteiger partial charge < -0.3 is 44.9 Å². The van der Waals surface area contributed by atoms with E-state index in [9.17, 15) is 24.0 Å². The van der Waals surface area contributed by atoms with Crippen molar-refractivity contribution < 1.29 is 38.2 Å². The fourth-order valence-corrected chi connectivity index (χ4v) is 10.4. The second kappa shape index (κ2) is 20.4. The first-order valence-electron chi connectivity index (χ1n) is 23.8. The van der Waals surface area contributed by atoms with Crippen LogP contribution in [0.15, 0.2) is 60.7 Å². The fourth-order valence-electron chi connectivity index (χ4n) is 10.4. The largest absolute Gasteiger partial charge is 0.495 e. The van der Waals surface area contributed by atoms with E-state index in [1.165, 1.54) is 19.8 Å². The minimum absolute atomic E-state index is 0.0136. The van der Waals surface area contributed by atoms with Gasteiger partial charge in [0.1, 0.15) is 17.6 Å². The molecule has 0 bridgehead atoms. The van der Waals surface area contributed by atoms with Crippen molar-refractivity contribution in [1.82, 2.24) is 25.5 Å². The van der Waals surface area contributed by atoms with Crippen LogP contribution in [0.25, 0.3) is 11.0 Å². The van der Waals surface area contributed by atoms with Crippen LogP contribution < -0.4 is 25.6 Å². The third-order valence-electron chi connectivity index (χ3n) is 14.1. The average Bonchev–Trinajstić information content (AvgIpc) is 4.15. The van der Waals surface area contributed by atoms with Crippen LogP contribution in [0.1, 0.15) is 134 Å². The third kappa shape index (κ3) is 10.4. The number of hydrogen-bond acceptors (Lipinski definition) is 10. The molecule has 2 saturated heterocycles. The number of anilines is 2. The molecule has 3 aromatic carbocycles. The zero-order valence-electron chi connectivity index (χ0n) is 40.7. The summed E-state index contributed by atoms with van der Waals surface area (Å²) in [7, 11) is 4.14. The molecule has 1 aromatic heterocycles. The third-order valence-corrected chi connectivity index (χ3v) is 14.1. The van der Waals surface area contributed by atoms with Crippen molar-refractivity contribution in [2.45, 2.75) is 129 Å². The number of Topliss-reactive ketones (excluding diaryl/α,β-unsaturated/α-hetero) is 1. The van der Waals surface area contributed by atoms with Gasteiger partial charge in [-0.25, -0.2) is 14.6 Å². The minimum Gasteiger partial charge on any atom is -0.495 e. The number of rotatable bonds is 14. The molecule has 2 aliphatic heterocycles. The lowest BCUT2D eigenvalue weighted by molar-refractivity contribution is -0.135. The number of likely N-dealkylation sites (tertiary alicyclic amines) is 1. The molecule has 3 fully saturated rings. The maximum absolute atomic E-state index is 14.2. The summed E-state index contributed by atoms with van der Waals surface area (Å²) < 4.78 is 15.4. The Morgan fingerprint density at radius 2 is 1.33 bits per heavy atom. The molecule has 4 N–H and O–H groups in total. The Hall–Kier alpha value is -6.12. The molecule has 15 heteroatoms. The predicted octanol–water partition coefficient (Wildman–Crippen LogP) is 9.30.